The fourth-order valence-corrected chi connectivity index (χ4v) is 2.63. The van der Waals surface area contributed by atoms with E-state index in [-0.39, 0.29) is 11.9 Å². The van der Waals surface area contributed by atoms with E-state index >= 15 is 0 Å². The summed E-state index contributed by atoms with van der Waals surface area (Å²) in [5.41, 5.74) is 4.04. The first-order chi connectivity index (χ1) is 12.5. The molecule has 6 heteroatoms. The predicted octanol–water partition coefficient (Wildman–Crippen LogP) is 5.36. The number of pyridine rings is 1. The Morgan fingerprint density at radius 1 is 1.15 bits per heavy atom. The molecule has 0 atom stereocenters. The van der Waals surface area contributed by atoms with Crippen molar-refractivity contribution in [2.75, 3.05) is 6.61 Å². The molecule has 0 aliphatic rings. The second kappa shape index (κ2) is 7.47. The van der Waals surface area contributed by atoms with E-state index < -0.39 is 0 Å². The number of aromatic nitrogens is 2. The molecule has 6 nitrogen and oxygen atoms in total. The first-order valence-electron chi connectivity index (χ1n) is 8.67. The van der Waals surface area contributed by atoms with Crippen molar-refractivity contribution in [3.8, 4) is 0 Å². The number of imidazole rings is 1. The zero-order valence-corrected chi connectivity index (χ0v) is 15.4. The molecule has 26 heavy (non-hydrogen) atoms. The Morgan fingerprint density at radius 2 is 1.88 bits per heavy atom. The number of fused-ring (bicyclic) bond motifs is 1. The molecule has 0 spiro atoms. The van der Waals surface area contributed by atoms with E-state index in [1.165, 1.54) is 0 Å². The molecular weight excluding hydrogens is 328 g/mol. The molecule has 2 aromatic heterocycles. The van der Waals surface area contributed by atoms with E-state index in [0.717, 1.165) is 22.7 Å². The van der Waals surface area contributed by atoms with Crippen LogP contribution in [0.2, 0.25) is 0 Å². The lowest BCUT2D eigenvalue weighted by Gasteiger charge is -2.03. The van der Waals surface area contributed by atoms with Crippen LogP contribution in [0.4, 0.5) is 11.5 Å². The highest BCUT2D eigenvalue weighted by atomic mass is 16.5. The Kier molecular flexibility index (Phi) is 5.11. The molecule has 3 rings (SSSR count). The SMILES string of the molecule is CCOC(=O)c1ccc(N=Nc2c(C(C)C)nc3ccc(C)cn23)cc1. The van der Waals surface area contributed by atoms with Gasteiger partial charge in [-0.3, -0.25) is 4.40 Å². The minimum atomic E-state index is -0.338. The third-order valence-electron chi connectivity index (χ3n) is 3.95. The summed E-state index contributed by atoms with van der Waals surface area (Å²) < 4.78 is 6.94. The van der Waals surface area contributed by atoms with Crippen molar-refractivity contribution in [3.05, 3.63) is 59.4 Å². The third kappa shape index (κ3) is 3.64. The lowest BCUT2D eigenvalue weighted by Crippen LogP contribution is -2.03. The maximum Gasteiger partial charge on any atom is 0.338 e. The number of hydrogen-bond acceptors (Lipinski definition) is 5. The number of ether oxygens (including phenoxy) is 1. The Bertz CT molecular complexity index is 956. The molecule has 0 unspecified atom stereocenters. The van der Waals surface area contributed by atoms with Crippen LogP contribution in [0, 0.1) is 6.92 Å². The lowest BCUT2D eigenvalue weighted by molar-refractivity contribution is 0.0526. The summed E-state index contributed by atoms with van der Waals surface area (Å²) in [6.07, 6.45) is 2.01. The topological polar surface area (TPSA) is 68.3 Å². The van der Waals surface area contributed by atoms with Crippen LogP contribution in [0.25, 0.3) is 5.65 Å². The standard InChI is InChI=1S/C20H22N4O2/c1-5-26-20(25)15-7-9-16(10-8-15)22-23-19-18(13(2)3)21-17-11-6-14(4)12-24(17)19/h6-13H,5H2,1-4H3. The Labute approximate surface area is 152 Å². The van der Waals surface area contributed by atoms with Gasteiger partial charge in [0.25, 0.3) is 0 Å². The normalized spacial score (nSPS) is 11.6. The van der Waals surface area contributed by atoms with E-state index in [0.29, 0.717) is 17.9 Å². The first kappa shape index (κ1) is 17.8. The molecule has 0 aliphatic carbocycles. The van der Waals surface area contributed by atoms with Gasteiger partial charge in [0, 0.05) is 6.20 Å². The van der Waals surface area contributed by atoms with Gasteiger partial charge in [-0.25, -0.2) is 9.78 Å². The molecule has 0 N–H and O–H groups in total. The van der Waals surface area contributed by atoms with Gasteiger partial charge in [-0.2, -0.15) is 0 Å². The monoisotopic (exact) mass is 350 g/mol. The van der Waals surface area contributed by atoms with Crippen molar-refractivity contribution < 1.29 is 9.53 Å². The van der Waals surface area contributed by atoms with Crippen LogP contribution in [-0.4, -0.2) is 22.0 Å². The van der Waals surface area contributed by atoms with E-state index in [1.807, 2.05) is 29.7 Å². The predicted molar refractivity (Wildman–Crippen MR) is 101 cm³/mol. The summed E-state index contributed by atoms with van der Waals surface area (Å²) in [4.78, 5) is 16.4. The number of nitrogens with zero attached hydrogens (tertiary/aromatic N) is 4. The number of hydrogen-bond donors (Lipinski definition) is 0. The largest absolute Gasteiger partial charge is 0.462 e. The van der Waals surface area contributed by atoms with Crippen LogP contribution in [0.1, 0.15) is 48.3 Å². The number of esters is 1. The van der Waals surface area contributed by atoms with E-state index in [4.69, 9.17) is 4.74 Å². The molecule has 0 aliphatic heterocycles. The summed E-state index contributed by atoms with van der Waals surface area (Å²) in [7, 11) is 0. The average molecular weight is 350 g/mol. The van der Waals surface area contributed by atoms with Gasteiger partial charge < -0.3 is 4.74 Å². The average Bonchev–Trinajstić information content (AvgIpc) is 2.98. The third-order valence-corrected chi connectivity index (χ3v) is 3.95. The zero-order chi connectivity index (χ0) is 18.7. The van der Waals surface area contributed by atoms with Crippen molar-refractivity contribution >= 4 is 23.1 Å². The van der Waals surface area contributed by atoms with Crippen LogP contribution in [-0.2, 0) is 4.74 Å². The highest BCUT2D eigenvalue weighted by Gasteiger charge is 2.15. The summed E-state index contributed by atoms with van der Waals surface area (Å²) in [5.74, 6) is 0.624. The molecule has 1 aromatic carbocycles. The first-order valence-corrected chi connectivity index (χ1v) is 8.67. The van der Waals surface area contributed by atoms with Crippen molar-refractivity contribution in [1.82, 2.24) is 9.38 Å². The minimum absolute atomic E-state index is 0.232. The molecule has 0 amide bonds. The fraction of sp³-hybridized carbons (Fsp3) is 0.300. The minimum Gasteiger partial charge on any atom is -0.462 e. The van der Waals surface area contributed by atoms with Gasteiger partial charge in [0.05, 0.1) is 23.6 Å². The molecule has 0 saturated carbocycles. The highest BCUT2D eigenvalue weighted by molar-refractivity contribution is 5.89. The second-order valence-electron chi connectivity index (χ2n) is 6.38. The number of rotatable bonds is 5. The Morgan fingerprint density at radius 3 is 2.54 bits per heavy atom. The van der Waals surface area contributed by atoms with Crippen molar-refractivity contribution in [1.29, 1.82) is 0 Å². The van der Waals surface area contributed by atoms with Crippen LogP contribution >= 0.6 is 0 Å². The molecule has 134 valence electrons. The zero-order valence-electron chi connectivity index (χ0n) is 15.4. The van der Waals surface area contributed by atoms with Crippen LogP contribution in [0.15, 0.2) is 52.8 Å². The van der Waals surface area contributed by atoms with Crippen LogP contribution < -0.4 is 0 Å². The van der Waals surface area contributed by atoms with Gasteiger partial charge in [0.2, 0.25) is 0 Å². The number of azo groups is 1. The van der Waals surface area contributed by atoms with Crippen molar-refractivity contribution in [2.24, 2.45) is 10.2 Å². The Balaban J connectivity index is 1.94. The molecule has 0 fully saturated rings. The van der Waals surface area contributed by atoms with Crippen LogP contribution in [0.3, 0.4) is 0 Å². The number of carbonyl (C=O) groups excluding carboxylic acids is 1. The highest BCUT2D eigenvalue weighted by Crippen LogP contribution is 2.29. The van der Waals surface area contributed by atoms with Gasteiger partial charge >= 0.3 is 5.97 Å². The maximum absolute atomic E-state index is 11.7. The molecule has 0 radical (unpaired) electrons. The van der Waals surface area contributed by atoms with Gasteiger partial charge in [-0.1, -0.05) is 19.9 Å². The van der Waals surface area contributed by atoms with Crippen molar-refractivity contribution in [3.63, 3.8) is 0 Å². The number of benzene rings is 1. The second-order valence-corrected chi connectivity index (χ2v) is 6.38. The summed E-state index contributed by atoms with van der Waals surface area (Å²) in [5, 5.41) is 8.78. The van der Waals surface area contributed by atoms with Crippen LogP contribution in [0.5, 0.6) is 0 Å². The smallest absolute Gasteiger partial charge is 0.338 e. The molecular formula is C20H22N4O2. The van der Waals surface area contributed by atoms with Crippen molar-refractivity contribution in [2.45, 2.75) is 33.6 Å². The van der Waals surface area contributed by atoms with E-state index in [2.05, 4.69) is 29.1 Å². The van der Waals surface area contributed by atoms with Gasteiger partial charge in [-0.05, 0) is 55.7 Å². The van der Waals surface area contributed by atoms with Gasteiger partial charge in [0.1, 0.15) is 5.65 Å². The van der Waals surface area contributed by atoms with E-state index in [9.17, 15) is 4.79 Å². The molecule has 0 bridgehead atoms. The summed E-state index contributed by atoms with van der Waals surface area (Å²) in [6.45, 7) is 8.34. The number of aryl methyl sites for hydroxylation is 1. The van der Waals surface area contributed by atoms with Gasteiger partial charge in [0.15, 0.2) is 5.82 Å². The quantitative estimate of drug-likeness (QED) is 0.459. The molecule has 3 aromatic rings. The lowest BCUT2D eigenvalue weighted by atomic mass is 10.1. The fourth-order valence-electron chi connectivity index (χ4n) is 2.63. The molecule has 0 saturated heterocycles. The molecule has 2 heterocycles. The Hall–Kier alpha value is -3.02. The number of carbonyl (C=O) groups is 1. The summed E-state index contributed by atoms with van der Waals surface area (Å²) in [6, 6.07) is 10.9. The van der Waals surface area contributed by atoms with Gasteiger partial charge in [-0.15, -0.1) is 10.2 Å². The van der Waals surface area contributed by atoms with E-state index in [1.54, 1.807) is 31.2 Å². The maximum atomic E-state index is 11.7. The summed E-state index contributed by atoms with van der Waals surface area (Å²) >= 11 is 0.